The number of benzene rings is 3. The first-order valence-electron chi connectivity index (χ1n) is 20.8. The van der Waals surface area contributed by atoms with Crippen LogP contribution in [0.15, 0.2) is 115 Å². The van der Waals surface area contributed by atoms with E-state index in [1.807, 2.05) is 138 Å². The first-order valence-corrected chi connectivity index (χ1v) is 20.8. The highest BCUT2D eigenvalue weighted by molar-refractivity contribution is 5.81. The van der Waals surface area contributed by atoms with Gasteiger partial charge in [-0.1, -0.05) is 150 Å². The summed E-state index contributed by atoms with van der Waals surface area (Å²) >= 11 is 0. The molecule has 10 heteroatoms. The highest BCUT2D eigenvalue weighted by Gasteiger charge is 2.31. The van der Waals surface area contributed by atoms with E-state index in [4.69, 9.17) is 28.4 Å². The van der Waals surface area contributed by atoms with Crippen LogP contribution in [0, 0.1) is 5.92 Å². The standard InChI is InChI=1S/C44H55NO9.2C2H6/c1-4-14-33(2)25-38(45-41(46)21-22-42(47)53-31-37-19-12-7-13-20-37)26-34(3)44(48)51-24-23-50-43-28-39(52-30-36-17-10-6-11-18-36)27-40(54-43)32-49-29-35-15-8-5-9-16-35;2*1-2/h4-20,34,38-40,43H,2,21-32H2,1,3H3,(H,45,46);2*1-2H3/b14-4-;;/t34?,38-,39?,40?,43?;;/m1../s1. The fourth-order valence-corrected chi connectivity index (χ4v) is 6.08. The molecular weight excluding hydrogens is 735 g/mol. The van der Waals surface area contributed by atoms with Crippen LogP contribution in [-0.2, 0) is 62.6 Å². The van der Waals surface area contributed by atoms with Gasteiger partial charge in [-0.05, 0) is 36.5 Å². The Labute approximate surface area is 347 Å². The quantitative estimate of drug-likeness (QED) is 0.0569. The molecule has 318 valence electrons. The Bertz CT molecular complexity index is 1580. The zero-order chi connectivity index (χ0) is 42.4. The van der Waals surface area contributed by atoms with E-state index in [2.05, 4.69) is 11.9 Å². The van der Waals surface area contributed by atoms with Crippen LogP contribution in [0.4, 0.5) is 0 Å². The fraction of sp³-hybridized carbons (Fsp3) is 0.479. The third-order valence-corrected chi connectivity index (χ3v) is 8.82. The molecule has 1 saturated heterocycles. The van der Waals surface area contributed by atoms with Crippen molar-refractivity contribution in [2.75, 3.05) is 19.8 Å². The van der Waals surface area contributed by atoms with Gasteiger partial charge in [0.25, 0.3) is 0 Å². The second-order valence-electron chi connectivity index (χ2n) is 13.5. The predicted octanol–water partition coefficient (Wildman–Crippen LogP) is 9.46. The maximum absolute atomic E-state index is 13.0. The first kappa shape index (κ1) is 49.5. The van der Waals surface area contributed by atoms with E-state index in [0.717, 1.165) is 22.3 Å². The van der Waals surface area contributed by atoms with Gasteiger partial charge in [-0.25, -0.2) is 0 Å². The summed E-state index contributed by atoms with van der Waals surface area (Å²) in [6, 6.07) is 29.0. The zero-order valence-corrected chi connectivity index (χ0v) is 35.6. The van der Waals surface area contributed by atoms with Crippen molar-refractivity contribution in [1.82, 2.24) is 5.32 Å². The number of hydrogen-bond donors (Lipinski definition) is 1. The fourth-order valence-electron chi connectivity index (χ4n) is 6.08. The highest BCUT2D eigenvalue weighted by Crippen LogP contribution is 2.25. The van der Waals surface area contributed by atoms with Crippen LogP contribution in [0.3, 0.4) is 0 Å². The Morgan fingerprint density at radius 3 is 1.97 bits per heavy atom. The van der Waals surface area contributed by atoms with Crippen molar-refractivity contribution in [3.63, 3.8) is 0 Å². The molecular formula is C48H67NO9. The molecule has 10 nitrogen and oxygen atoms in total. The number of rotatable bonds is 23. The maximum atomic E-state index is 13.0. The number of allylic oxidation sites excluding steroid dienone is 2. The molecule has 58 heavy (non-hydrogen) atoms. The van der Waals surface area contributed by atoms with Gasteiger partial charge in [0.05, 0.1) is 51.0 Å². The van der Waals surface area contributed by atoms with Crippen LogP contribution in [0.1, 0.15) is 96.8 Å². The molecule has 1 aliphatic heterocycles. The molecule has 0 radical (unpaired) electrons. The minimum absolute atomic E-state index is 0.0300. The summed E-state index contributed by atoms with van der Waals surface area (Å²) in [5.74, 6) is -1.68. The average molecular weight is 802 g/mol. The van der Waals surface area contributed by atoms with Gasteiger partial charge in [-0.2, -0.15) is 0 Å². The second-order valence-corrected chi connectivity index (χ2v) is 13.5. The van der Waals surface area contributed by atoms with E-state index in [9.17, 15) is 14.4 Å². The topological polar surface area (TPSA) is 119 Å². The summed E-state index contributed by atoms with van der Waals surface area (Å²) in [4.78, 5) is 38.1. The van der Waals surface area contributed by atoms with E-state index in [1.54, 1.807) is 6.92 Å². The van der Waals surface area contributed by atoms with E-state index >= 15 is 0 Å². The Balaban J connectivity index is 0.00000281. The maximum Gasteiger partial charge on any atom is 0.308 e. The SMILES string of the molecule is C=C(/C=C\C)C[C@H](CC(C)C(=O)OCCOC1CC(OCc2ccccc2)CC(COCc2ccccc2)O1)NC(=O)CCC(=O)OCc1ccccc1.CC.CC. The van der Waals surface area contributed by atoms with E-state index < -0.39 is 24.1 Å². The summed E-state index contributed by atoms with van der Waals surface area (Å²) in [6.07, 6.45) is 4.77. The molecule has 4 rings (SSSR count). The van der Waals surface area contributed by atoms with Gasteiger partial charge in [-0.3, -0.25) is 14.4 Å². The van der Waals surface area contributed by atoms with Gasteiger partial charge >= 0.3 is 11.9 Å². The largest absolute Gasteiger partial charge is 0.463 e. The number of nitrogens with one attached hydrogen (secondary N) is 1. The lowest BCUT2D eigenvalue weighted by molar-refractivity contribution is -0.235. The van der Waals surface area contributed by atoms with E-state index in [1.165, 1.54) is 0 Å². The Morgan fingerprint density at radius 2 is 1.36 bits per heavy atom. The van der Waals surface area contributed by atoms with Crippen molar-refractivity contribution >= 4 is 17.8 Å². The third-order valence-electron chi connectivity index (χ3n) is 8.82. The molecule has 1 N–H and O–H groups in total. The number of esters is 2. The first-order chi connectivity index (χ1) is 28.3. The normalized spacial score (nSPS) is 17.0. The van der Waals surface area contributed by atoms with Crippen LogP contribution in [0.25, 0.3) is 0 Å². The highest BCUT2D eigenvalue weighted by atomic mass is 16.7. The van der Waals surface area contributed by atoms with Gasteiger partial charge in [0.1, 0.15) is 13.2 Å². The summed E-state index contributed by atoms with van der Waals surface area (Å²) in [5, 5.41) is 2.97. The lowest BCUT2D eigenvalue weighted by atomic mass is 9.96. The van der Waals surface area contributed by atoms with Crippen molar-refractivity contribution in [2.24, 2.45) is 5.92 Å². The van der Waals surface area contributed by atoms with Crippen molar-refractivity contribution in [2.45, 2.75) is 124 Å². The molecule has 1 aliphatic rings. The van der Waals surface area contributed by atoms with Crippen LogP contribution in [-0.4, -0.2) is 62.2 Å². The van der Waals surface area contributed by atoms with Crippen molar-refractivity contribution in [3.8, 4) is 0 Å². The molecule has 0 bridgehead atoms. The molecule has 0 spiro atoms. The van der Waals surface area contributed by atoms with Crippen LogP contribution in [0.2, 0.25) is 0 Å². The monoisotopic (exact) mass is 801 g/mol. The summed E-state index contributed by atoms with van der Waals surface area (Å²) in [6.45, 7) is 17.4. The number of ether oxygens (including phenoxy) is 6. The van der Waals surface area contributed by atoms with E-state index in [-0.39, 0.29) is 56.8 Å². The molecule has 1 amide bonds. The number of carbonyl (C=O) groups excluding carboxylic acids is 3. The minimum Gasteiger partial charge on any atom is -0.463 e. The molecule has 0 aliphatic carbocycles. The second kappa shape index (κ2) is 30.5. The third kappa shape index (κ3) is 21.2. The molecule has 0 aromatic heterocycles. The van der Waals surface area contributed by atoms with Crippen molar-refractivity contribution in [1.29, 1.82) is 0 Å². The number of hydrogen-bond acceptors (Lipinski definition) is 9. The summed E-state index contributed by atoms with van der Waals surface area (Å²) < 4.78 is 35.4. The lowest BCUT2D eigenvalue weighted by Crippen LogP contribution is -2.41. The molecule has 4 unspecified atom stereocenters. The van der Waals surface area contributed by atoms with Gasteiger partial charge in [0.15, 0.2) is 6.29 Å². The molecule has 1 heterocycles. The van der Waals surface area contributed by atoms with Crippen molar-refractivity contribution < 1.29 is 42.8 Å². The smallest absolute Gasteiger partial charge is 0.308 e. The van der Waals surface area contributed by atoms with Gasteiger partial charge < -0.3 is 33.7 Å². The van der Waals surface area contributed by atoms with Crippen LogP contribution < -0.4 is 5.32 Å². The van der Waals surface area contributed by atoms with Gasteiger partial charge in [-0.15, -0.1) is 0 Å². The summed E-state index contributed by atoms with van der Waals surface area (Å²) in [7, 11) is 0. The van der Waals surface area contributed by atoms with Crippen molar-refractivity contribution in [3.05, 3.63) is 132 Å². The summed E-state index contributed by atoms with van der Waals surface area (Å²) in [5.41, 5.74) is 3.86. The molecule has 3 aromatic carbocycles. The molecule has 5 atom stereocenters. The van der Waals surface area contributed by atoms with Crippen LogP contribution in [0.5, 0.6) is 0 Å². The van der Waals surface area contributed by atoms with Gasteiger partial charge in [0.2, 0.25) is 5.91 Å². The predicted molar refractivity (Wildman–Crippen MR) is 228 cm³/mol. The van der Waals surface area contributed by atoms with Gasteiger partial charge in [0, 0.05) is 25.3 Å². The Kier molecular flexibility index (Phi) is 26.0. The Morgan fingerprint density at radius 1 is 0.776 bits per heavy atom. The minimum atomic E-state index is -0.547. The molecule has 0 saturated carbocycles. The molecule has 3 aromatic rings. The number of amides is 1. The average Bonchev–Trinajstić information content (AvgIpc) is 3.25. The van der Waals surface area contributed by atoms with Crippen LogP contribution >= 0.6 is 0 Å². The Hall–Kier alpha value is -4.61. The molecule has 1 fully saturated rings. The van der Waals surface area contributed by atoms with E-state index in [0.29, 0.717) is 45.5 Å². The lowest BCUT2D eigenvalue weighted by Gasteiger charge is -2.35. The number of carbonyl (C=O) groups is 3. The zero-order valence-electron chi connectivity index (χ0n) is 35.6.